The molecule has 0 radical (unpaired) electrons. The van der Waals surface area contributed by atoms with Crippen LogP contribution in [-0.2, 0) is 0 Å². The fraction of sp³-hybridized carbons (Fsp3) is 1.00. The Morgan fingerprint density at radius 2 is 1.46 bits per heavy atom. The summed E-state index contributed by atoms with van der Waals surface area (Å²) in [5.74, 6) is 0. The minimum absolute atomic E-state index is 0.865. The van der Waals surface area contributed by atoms with Crippen LogP contribution < -0.4 is 5.32 Å². The van der Waals surface area contributed by atoms with Crippen LogP contribution in [0.4, 0.5) is 0 Å². The third-order valence-corrected chi connectivity index (χ3v) is 3.79. The van der Waals surface area contributed by atoms with Gasteiger partial charge < -0.3 is 10.2 Å². The van der Waals surface area contributed by atoms with Gasteiger partial charge in [-0.3, -0.25) is 0 Å². The highest BCUT2D eigenvalue weighted by molar-refractivity contribution is 4.83. The van der Waals surface area contributed by atoms with Crippen LogP contribution in [0.5, 0.6) is 0 Å². The average molecular weight is 182 g/mol. The second-order valence-electron chi connectivity index (χ2n) is 4.58. The molecule has 76 valence electrons. The van der Waals surface area contributed by atoms with Gasteiger partial charge in [0.25, 0.3) is 0 Å². The molecule has 13 heavy (non-hydrogen) atoms. The fourth-order valence-corrected chi connectivity index (χ4v) is 2.82. The zero-order chi connectivity index (χ0) is 9.10. The molecular weight excluding hydrogens is 160 g/mol. The van der Waals surface area contributed by atoms with Crippen molar-refractivity contribution >= 4 is 0 Å². The maximum absolute atomic E-state index is 3.43. The van der Waals surface area contributed by atoms with Gasteiger partial charge in [0, 0.05) is 12.1 Å². The van der Waals surface area contributed by atoms with Gasteiger partial charge in [-0.1, -0.05) is 12.8 Å². The van der Waals surface area contributed by atoms with Crippen LogP contribution in [0, 0.1) is 0 Å². The van der Waals surface area contributed by atoms with Crippen LogP contribution in [0.2, 0.25) is 0 Å². The molecule has 1 saturated heterocycles. The Hall–Kier alpha value is -0.0800. The molecule has 0 aromatic heterocycles. The molecule has 2 fully saturated rings. The number of piperidine rings is 1. The molecule has 0 amide bonds. The summed E-state index contributed by atoms with van der Waals surface area (Å²) in [5, 5.41) is 3.43. The van der Waals surface area contributed by atoms with Crippen molar-refractivity contribution in [3.05, 3.63) is 0 Å². The van der Waals surface area contributed by atoms with Gasteiger partial charge in [0.2, 0.25) is 0 Å². The van der Waals surface area contributed by atoms with Gasteiger partial charge in [0.1, 0.15) is 0 Å². The highest BCUT2D eigenvalue weighted by Crippen LogP contribution is 2.25. The lowest BCUT2D eigenvalue weighted by molar-refractivity contribution is 0.145. The summed E-state index contributed by atoms with van der Waals surface area (Å²) in [7, 11) is 2.34. The van der Waals surface area contributed by atoms with Crippen molar-refractivity contribution in [1.82, 2.24) is 10.2 Å². The second kappa shape index (κ2) is 4.43. The van der Waals surface area contributed by atoms with Gasteiger partial charge in [0.05, 0.1) is 0 Å². The summed E-state index contributed by atoms with van der Waals surface area (Å²) >= 11 is 0. The molecule has 1 heterocycles. The van der Waals surface area contributed by atoms with Crippen LogP contribution in [0.25, 0.3) is 0 Å². The maximum atomic E-state index is 3.43. The van der Waals surface area contributed by atoms with E-state index in [1.165, 1.54) is 51.6 Å². The van der Waals surface area contributed by atoms with Gasteiger partial charge in [-0.05, 0) is 45.8 Å². The van der Waals surface area contributed by atoms with E-state index in [1.54, 1.807) is 0 Å². The Morgan fingerprint density at radius 3 is 2.08 bits per heavy atom. The highest BCUT2D eigenvalue weighted by atomic mass is 15.2. The van der Waals surface area contributed by atoms with Crippen molar-refractivity contribution < 1.29 is 0 Å². The van der Waals surface area contributed by atoms with E-state index >= 15 is 0 Å². The van der Waals surface area contributed by atoms with Crippen molar-refractivity contribution in [3.8, 4) is 0 Å². The van der Waals surface area contributed by atoms with Crippen LogP contribution >= 0.6 is 0 Å². The lowest BCUT2D eigenvalue weighted by Crippen LogP contribution is -2.45. The molecule has 2 aliphatic rings. The summed E-state index contributed by atoms with van der Waals surface area (Å²) < 4.78 is 0. The third kappa shape index (κ3) is 2.23. The molecule has 0 aromatic rings. The van der Waals surface area contributed by atoms with E-state index in [9.17, 15) is 0 Å². The second-order valence-corrected chi connectivity index (χ2v) is 4.58. The molecule has 0 aromatic carbocycles. The number of nitrogens with one attached hydrogen (secondary N) is 1. The molecule has 2 rings (SSSR count). The van der Waals surface area contributed by atoms with E-state index in [0.717, 1.165) is 12.1 Å². The number of hydrogen-bond donors (Lipinski definition) is 1. The largest absolute Gasteiger partial charge is 0.317 e. The zero-order valence-electron chi connectivity index (χ0n) is 8.76. The van der Waals surface area contributed by atoms with E-state index in [1.807, 2.05) is 0 Å². The van der Waals surface area contributed by atoms with Crippen LogP contribution in [-0.4, -0.2) is 37.1 Å². The molecule has 0 spiro atoms. The Balaban J connectivity index is 1.83. The summed E-state index contributed by atoms with van der Waals surface area (Å²) in [6, 6.07) is 1.77. The van der Waals surface area contributed by atoms with Crippen LogP contribution in [0.3, 0.4) is 0 Å². The maximum Gasteiger partial charge on any atom is 0.0119 e. The number of nitrogens with zero attached hydrogens (tertiary/aromatic N) is 1. The Kier molecular flexibility index (Phi) is 3.23. The topological polar surface area (TPSA) is 15.3 Å². The normalized spacial score (nSPS) is 27.2. The van der Waals surface area contributed by atoms with Crippen molar-refractivity contribution in [2.24, 2.45) is 0 Å². The van der Waals surface area contributed by atoms with Gasteiger partial charge in [-0.15, -0.1) is 0 Å². The first-order valence-corrected chi connectivity index (χ1v) is 5.80. The Morgan fingerprint density at radius 1 is 0.923 bits per heavy atom. The first-order chi connectivity index (χ1) is 6.38. The van der Waals surface area contributed by atoms with Crippen LogP contribution in [0.1, 0.15) is 38.5 Å². The molecule has 2 nitrogen and oxygen atoms in total. The minimum Gasteiger partial charge on any atom is -0.317 e. The first-order valence-electron chi connectivity index (χ1n) is 5.80. The molecule has 0 atom stereocenters. The van der Waals surface area contributed by atoms with Crippen molar-refractivity contribution in [2.45, 2.75) is 50.6 Å². The number of rotatable bonds is 2. The van der Waals surface area contributed by atoms with Crippen molar-refractivity contribution in [1.29, 1.82) is 0 Å². The predicted octanol–water partition coefficient (Wildman–Crippen LogP) is 1.61. The standard InChI is InChI=1S/C11H22N2/c1-13(10-4-2-3-5-10)11-6-8-12-9-7-11/h10-12H,2-9H2,1H3. The lowest BCUT2D eigenvalue weighted by atomic mass is 10.0. The minimum atomic E-state index is 0.865. The van der Waals surface area contributed by atoms with Gasteiger partial charge in [-0.25, -0.2) is 0 Å². The summed E-state index contributed by atoms with van der Waals surface area (Å²) in [6.45, 7) is 2.45. The number of hydrogen-bond acceptors (Lipinski definition) is 2. The fourth-order valence-electron chi connectivity index (χ4n) is 2.82. The molecule has 1 N–H and O–H groups in total. The molecule has 1 saturated carbocycles. The van der Waals surface area contributed by atoms with E-state index < -0.39 is 0 Å². The van der Waals surface area contributed by atoms with E-state index in [-0.39, 0.29) is 0 Å². The predicted molar refractivity (Wildman–Crippen MR) is 55.9 cm³/mol. The molecule has 1 aliphatic carbocycles. The van der Waals surface area contributed by atoms with E-state index in [0.29, 0.717) is 0 Å². The molecule has 1 aliphatic heterocycles. The van der Waals surface area contributed by atoms with Gasteiger partial charge in [0.15, 0.2) is 0 Å². The lowest BCUT2D eigenvalue weighted by Gasteiger charge is -2.35. The quantitative estimate of drug-likeness (QED) is 0.698. The van der Waals surface area contributed by atoms with Gasteiger partial charge in [-0.2, -0.15) is 0 Å². The average Bonchev–Trinajstić information content (AvgIpc) is 2.71. The molecule has 0 bridgehead atoms. The van der Waals surface area contributed by atoms with Crippen LogP contribution in [0.15, 0.2) is 0 Å². The van der Waals surface area contributed by atoms with E-state index in [2.05, 4.69) is 17.3 Å². The first kappa shape index (κ1) is 9.47. The Bertz CT molecular complexity index is 146. The summed E-state index contributed by atoms with van der Waals surface area (Å²) in [6.07, 6.45) is 8.51. The van der Waals surface area contributed by atoms with Crippen molar-refractivity contribution in [3.63, 3.8) is 0 Å². The Labute approximate surface area is 81.7 Å². The highest BCUT2D eigenvalue weighted by Gasteiger charge is 2.26. The summed E-state index contributed by atoms with van der Waals surface area (Å²) in [5.41, 5.74) is 0. The molecule has 0 unspecified atom stereocenters. The molecule has 2 heteroatoms. The SMILES string of the molecule is CN(C1CCCC1)C1CCNCC1. The van der Waals surface area contributed by atoms with E-state index in [4.69, 9.17) is 0 Å². The third-order valence-electron chi connectivity index (χ3n) is 3.79. The monoisotopic (exact) mass is 182 g/mol. The summed E-state index contributed by atoms with van der Waals surface area (Å²) in [4.78, 5) is 2.66. The zero-order valence-corrected chi connectivity index (χ0v) is 8.76. The smallest absolute Gasteiger partial charge is 0.0119 e. The van der Waals surface area contributed by atoms with Crippen molar-refractivity contribution in [2.75, 3.05) is 20.1 Å². The van der Waals surface area contributed by atoms with Gasteiger partial charge >= 0.3 is 0 Å². The molecular formula is C11H22N2.